The maximum atomic E-state index is 6.33. The second-order valence-electron chi connectivity index (χ2n) is 4.58. The lowest BCUT2D eigenvalue weighted by Crippen LogP contribution is -2.00. The Morgan fingerprint density at radius 1 is 1.10 bits per heavy atom. The highest BCUT2D eigenvalue weighted by atomic mass is 35.5. The number of fused-ring (bicyclic) bond motifs is 1. The fourth-order valence-electron chi connectivity index (χ4n) is 2.26. The Kier molecular flexibility index (Phi) is 3.63. The van der Waals surface area contributed by atoms with Gasteiger partial charge < -0.3 is 0 Å². The number of imidazole rings is 1. The highest BCUT2D eigenvalue weighted by molar-refractivity contribution is 6.32. The highest BCUT2D eigenvalue weighted by Crippen LogP contribution is 2.29. The van der Waals surface area contributed by atoms with E-state index >= 15 is 0 Å². The van der Waals surface area contributed by atoms with Gasteiger partial charge in [-0.15, -0.1) is 11.6 Å². The molecule has 0 spiro atoms. The van der Waals surface area contributed by atoms with Crippen molar-refractivity contribution in [3.8, 4) is 5.69 Å². The lowest BCUT2D eigenvalue weighted by molar-refractivity contribution is 0.980. The topological polar surface area (TPSA) is 17.8 Å². The van der Waals surface area contributed by atoms with E-state index in [9.17, 15) is 0 Å². The van der Waals surface area contributed by atoms with Crippen LogP contribution in [0.25, 0.3) is 16.7 Å². The Morgan fingerprint density at radius 2 is 1.90 bits per heavy atom. The zero-order valence-electron chi connectivity index (χ0n) is 10.7. The van der Waals surface area contributed by atoms with Crippen LogP contribution in [0.4, 0.5) is 0 Å². The van der Waals surface area contributed by atoms with Gasteiger partial charge in [0.25, 0.3) is 0 Å². The van der Waals surface area contributed by atoms with Gasteiger partial charge in [-0.2, -0.15) is 0 Å². The number of nitrogens with zero attached hydrogens (tertiary/aromatic N) is 2. The van der Waals surface area contributed by atoms with Crippen molar-refractivity contribution in [1.29, 1.82) is 0 Å². The molecule has 0 aliphatic rings. The highest BCUT2D eigenvalue weighted by Gasteiger charge is 2.14. The molecular formula is C15H11Cl3N2. The fourth-order valence-corrected chi connectivity index (χ4v) is 2.80. The number of benzene rings is 2. The molecule has 0 N–H and O–H groups in total. The van der Waals surface area contributed by atoms with E-state index in [1.807, 2.05) is 47.9 Å². The van der Waals surface area contributed by atoms with Crippen molar-refractivity contribution in [3.63, 3.8) is 0 Å². The van der Waals surface area contributed by atoms with Gasteiger partial charge in [0.1, 0.15) is 5.82 Å². The number of aromatic nitrogens is 2. The number of rotatable bonds is 2. The second kappa shape index (κ2) is 5.28. The van der Waals surface area contributed by atoms with Crippen LogP contribution in [0, 0.1) is 6.92 Å². The molecule has 0 unspecified atom stereocenters. The van der Waals surface area contributed by atoms with Gasteiger partial charge in [-0.05, 0) is 42.8 Å². The summed E-state index contributed by atoms with van der Waals surface area (Å²) in [6.07, 6.45) is 0. The molecule has 3 rings (SSSR count). The quantitative estimate of drug-likeness (QED) is 0.578. The van der Waals surface area contributed by atoms with Crippen LogP contribution >= 0.6 is 34.8 Å². The van der Waals surface area contributed by atoms with Crippen LogP contribution in [0.15, 0.2) is 36.4 Å². The summed E-state index contributed by atoms with van der Waals surface area (Å²) in [6, 6.07) is 11.5. The van der Waals surface area contributed by atoms with E-state index in [0.717, 1.165) is 28.1 Å². The van der Waals surface area contributed by atoms with Gasteiger partial charge in [0.05, 0.1) is 27.6 Å². The molecular weight excluding hydrogens is 315 g/mol. The van der Waals surface area contributed by atoms with E-state index < -0.39 is 0 Å². The summed E-state index contributed by atoms with van der Waals surface area (Å²) >= 11 is 18.4. The first-order valence-electron chi connectivity index (χ1n) is 6.09. The van der Waals surface area contributed by atoms with Crippen molar-refractivity contribution in [2.75, 3.05) is 0 Å². The van der Waals surface area contributed by atoms with Crippen LogP contribution in [0.5, 0.6) is 0 Å². The number of hydrogen-bond donors (Lipinski definition) is 0. The Hall–Kier alpha value is -1.22. The summed E-state index contributed by atoms with van der Waals surface area (Å²) in [7, 11) is 0. The molecule has 102 valence electrons. The molecule has 0 aliphatic heterocycles. The van der Waals surface area contributed by atoms with Gasteiger partial charge in [-0.1, -0.05) is 29.3 Å². The Bertz CT molecular complexity index is 793. The molecule has 5 heteroatoms. The first-order valence-corrected chi connectivity index (χ1v) is 7.38. The van der Waals surface area contributed by atoms with Gasteiger partial charge in [0.15, 0.2) is 0 Å². The predicted octanol–water partition coefficient (Wildman–Crippen LogP) is 5.38. The summed E-state index contributed by atoms with van der Waals surface area (Å²) in [5.41, 5.74) is 3.76. The lowest BCUT2D eigenvalue weighted by atomic mass is 10.2. The third kappa shape index (κ3) is 2.28. The molecule has 1 heterocycles. The SMILES string of the molecule is Cc1ccc(Cl)c(-n2c(CCl)nc3cc(Cl)ccc32)c1. The third-order valence-electron chi connectivity index (χ3n) is 3.15. The fraction of sp³-hybridized carbons (Fsp3) is 0.133. The minimum atomic E-state index is 0.302. The molecule has 2 nitrogen and oxygen atoms in total. The van der Waals surface area contributed by atoms with Crippen molar-refractivity contribution in [3.05, 3.63) is 57.8 Å². The Morgan fingerprint density at radius 3 is 2.65 bits per heavy atom. The summed E-state index contributed by atoms with van der Waals surface area (Å²) in [6.45, 7) is 2.02. The average molecular weight is 326 g/mol. The largest absolute Gasteiger partial charge is 0.294 e. The lowest BCUT2D eigenvalue weighted by Gasteiger charge is -2.11. The molecule has 0 amide bonds. The van der Waals surface area contributed by atoms with Gasteiger partial charge in [0.2, 0.25) is 0 Å². The Balaban J connectivity index is 2.37. The maximum absolute atomic E-state index is 6.33. The zero-order chi connectivity index (χ0) is 14.3. The average Bonchev–Trinajstić information content (AvgIpc) is 2.78. The van der Waals surface area contributed by atoms with E-state index in [-0.39, 0.29) is 0 Å². The molecule has 0 bridgehead atoms. The molecule has 1 aromatic heterocycles. The summed E-state index contributed by atoms with van der Waals surface area (Å²) in [5.74, 6) is 1.05. The van der Waals surface area contributed by atoms with Gasteiger partial charge in [0, 0.05) is 5.02 Å². The van der Waals surface area contributed by atoms with Crippen molar-refractivity contribution in [2.45, 2.75) is 12.8 Å². The van der Waals surface area contributed by atoms with Crippen LogP contribution in [0.2, 0.25) is 10.0 Å². The normalized spacial score (nSPS) is 11.2. The molecule has 0 aliphatic carbocycles. The summed E-state index contributed by atoms with van der Waals surface area (Å²) in [5, 5.41) is 1.31. The summed E-state index contributed by atoms with van der Waals surface area (Å²) < 4.78 is 1.98. The number of halogens is 3. The van der Waals surface area contributed by atoms with Crippen LogP contribution in [-0.2, 0) is 5.88 Å². The van der Waals surface area contributed by atoms with Crippen LogP contribution in [0.3, 0.4) is 0 Å². The molecule has 0 radical (unpaired) electrons. The van der Waals surface area contributed by atoms with Crippen molar-refractivity contribution < 1.29 is 0 Å². The molecule has 2 aromatic carbocycles. The van der Waals surface area contributed by atoms with E-state index in [1.54, 1.807) is 0 Å². The van der Waals surface area contributed by atoms with Crippen molar-refractivity contribution in [1.82, 2.24) is 9.55 Å². The van der Waals surface area contributed by atoms with E-state index in [2.05, 4.69) is 4.98 Å². The van der Waals surface area contributed by atoms with Crippen LogP contribution in [0.1, 0.15) is 11.4 Å². The van der Waals surface area contributed by atoms with Gasteiger partial charge in [-0.25, -0.2) is 4.98 Å². The molecule has 0 saturated carbocycles. The Labute approximate surface area is 131 Å². The first kappa shape index (κ1) is 13.7. The van der Waals surface area contributed by atoms with Crippen LogP contribution in [-0.4, -0.2) is 9.55 Å². The summed E-state index contributed by atoms with van der Waals surface area (Å²) in [4.78, 5) is 4.53. The standard InChI is InChI=1S/C15H11Cl3N2/c1-9-2-4-11(18)14(6-9)20-13-5-3-10(17)7-12(13)19-15(20)8-16/h2-7H,8H2,1H3. The number of aryl methyl sites for hydroxylation is 1. The molecule has 0 atom stereocenters. The first-order chi connectivity index (χ1) is 9.60. The minimum Gasteiger partial charge on any atom is -0.294 e. The molecule has 20 heavy (non-hydrogen) atoms. The number of alkyl halides is 1. The van der Waals surface area contributed by atoms with Gasteiger partial charge >= 0.3 is 0 Å². The van der Waals surface area contributed by atoms with E-state index in [4.69, 9.17) is 34.8 Å². The second-order valence-corrected chi connectivity index (χ2v) is 5.70. The van der Waals surface area contributed by atoms with Crippen molar-refractivity contribution >= 4 is 45.8 Å². The third-order valence-corrected chi connectivity index (χ3v) is 3.94. The minimum absolute atomic E-state index is 0.302. The van der Waals surface area contributed by atoms with Gasteiger partial charge in [-0.3, -0.25) is 4.57 Å². The number of hydrogen-bond acceptors (Lipinski definition) is 1. The van der Waals surface area contributed by atoms with Crippen LogP contribution < -0.4 is 0 Å². The smallest absolute Gasteiger partial charge is 0.129 e. The van der Waals surface area contributed by atoms with E-state index in [1.165, 1.54) is 0 Å². The monoisotopic (exact) mass is 324 g/mol. The molecule has 0 fully saturated rings. The van der Waals surface area contributed by atoms with E-state index in [0.29, 0.717) is 15.9 Å². The predicted molar refractivity (Wildman–Crippen MR) is 85.4 cm³/mol. The molecule has 0 saturated heterocycles. The maximum Gasteiger partial charge on any atom is 0.129 e. The molecule has 3 aromatic rings. The van der Waals surface area contributed by atoms with Crippen molar-refractivity contribution in [2.24, 2.45) is 0 Å². The zero-order valence-corrected chi connectivity index (χ0v) is 13.0.